The molecule has 7 heteroatoms. The number of rotatable bonds is 3. The van der Waals surface area contributed by atoms with Crippen molar-refractivity contribution in [3.63, 3.8) is 0 Å². The van der Waals surface area contributed by atoms with Gasteiger partial charge in [-0.15, -0.1) is 11.3 Å². The highest BCUT2D eigenvalue weighted by atomic mass is 32.1. The van der Waals surface area contributed by atoms with Gasteiger partial charge in [0.15, 0.2) is 0 Å². The van der Waals surface area contributed by atoms with E-state index in [1.165, 1.54) is 11.3 Å². The van der Waals surface area contributed by atoms with Crippen molar-refractivity contribution in [3.05, 3.63) is 60.0 Å². The predicted octanol–water partition coefficient (Wildman–Crippen LogP) is 3.65. The van der Waals surface area contributed by atoms with Gasteiger partial charge in [0, 0.05) is 42.3 Å². The zero-order valence-electron chi connectivity index (χ0n) is 13.8. The second kappa shape index (κ2) is 5.96. The maximum atomic E-state index is 12.6. The summed E-state index contributed by atoms with van der Waals surface area (Å²) in [5.41, 5.74) is 6.98. The lowest BCUT2D eigenvalue weighted by atomic mass is 10.1. The number of pyridine rings is 1. The fourth-order valence-corrected chi connectivity index (χ4v) is 3.99. The van der Waals surface area contributed by atoms with E-state index >= 15 is 0 Å². The highest BCUT2D eigenvalue weighted by molar-refractivity contribution is 7.16. The fraction of sp³-hybridized carbons (Fsp3) is 0.105. The predicted molar refractivity (Wildman–Crippen MR) is 103 cm³/mol. The van der Waals surface area contributed by atoms with Crippen LogP contribution in [0.25, 0.3) is 21.5 Å². The minimum Gasteiger partial charge on any atom is -0.353 e. The SMILES string of the molecule is O=C1NCCn2cc(-c3ccnc4scnc34)c(Nc3ccccc3)c21. The number of hydrogen-bond donors (Lipinski definition) is 2. The van der Waals surface area contributed by atoms with E-state index in [2.05, 4.69) is 20.6 Å². The quantitative estimate of drug-likeness (QED) is 0.584. The Hall–Kier alpha value is -3.19. The molecule has 0 aliphatic carbocycles. The van der Waals surface area contributed by atoms with Crippen LogP contribution < -0.4 is 10.6 Å². The Labute approximate surface area is 153 Å². The normalized spacial score (nSPS) is 13.5. The van der Waals surface area contributed by atoms with Crippen LogP contribution in [-0.4, -0.2) is 27.0 Å². The molecule has 1 aromatic carbocycles. The van der Waals surface area contributed by atoms with Crippen molar-refractivity contribution < 1.29 is 4.79 Å². The van der Waals surface area contributed by atoms with E-state index in [9.17, 15) is 4.79 Å². The third-order valence-corrected chi connectivity index (χ3v) is 5.23. The Kier molecular flexibility index (Phi) is 3.46. The molecule has 5 rings (SSSR count). The number of thiazole rings is 1. The molecule has 3 aromatic heterocycles. The van der Waals surface area contributed by atoms with Crippen LogP contribution in [0.3, 0.4) is 0 Å². The van der Waals surface area contributed by atoms with Gasteiger partial charge in [-0.3, -0.25) is 4.79 Å². The standard InChI is InChI=1S/C19H15N5OS/c25-18-17-15(23-12-4-2-1-3-5-12)14(10-24(17)9-8-20-18)13-6-7-21-19-16(13)22-11-26-19/h1-7,10-11,23H,8-9H2,(H,20,25). The molecular weight excluding hydrogens is 346 g/mol. The van der Waals surface area contributed by atoms with E-state index in [0.29, 0.717) is 12.2 Å². The first-order valence-electron chi connectivity index (χ1n) is 8.33. The maximum Gasteiger partial charge on any atom is 0.270 e. The summed E-state index contributed by atoms with van der Waals surface area (Å²) in [5.74, 6) is -0.0653. The number of anilines is 2. The lowest BCUT2D eigenvalue weighted by Crippen LogP contribution is -2.35. The molecule has 128 valence electrons. The van der Waals surface area contributed by atoms with Gasteiger partial charge in [0.2, 0.25) is 0 Å². The van der Waals surface area contributed by atoms with Gasteiger partial charge in [0.1, 0.15) is 16.0 Å². The minimum atomic E-state index is -0.0653. The first-order valence-corrected chi connectivity index (χ1v) is 9.21. The van der Waals surface area contributed by atoms with E-state index < -0.39 is 0 Å². The lowest BCUT2D eigenvalue weighted by Gasteiger charge is -2.17. The smallest absolute Gasteiger partial charge is 0.270 e. The maximum absolute atomic E-state index is 12.6. The van der Waals surface area contributed by atoms with Crippen LogP contribution in [0.15, 0.2) is 54.3 Å². The zero-order chi connectivity index (χ0) is 17.5. The number of fused-ring (bicyclic) bond motifs is 2. The molecular formula is C19H15N5OS. The summed E-state index contributed by atoms with van der Waals surface area (Å²) in [4.78, 5) is 22.3. The molecule has 4 heterocycles. The van der Waals surface area contributed by atoms with Crippen LogP contribution in [0.1, 0.15) is 10.5 Å². The van der Waals surface area contributed by atoms with Crippen molar-refractivity contribution in [1.82, 2.24) is 19.9 Å². The van der Waals surface area contributed by atoms with Gasteiger partial charge in [0.25, 0.3) is 5.91 Å². The van der Waals surface area contributed by atoms with Gasteiger partial charge in [-0.2, -0.15) is 0 Å². The van der Waals surface area contributed by atoms with Gasteiger partial charge in [-0.1, -0.05) is 18.2 Å². The number of hydrogen-bond acceptors (Lipinski definition) is 5. The van der Waals surface area contributed by atoms with Crippen molar-refractivity contribution in [3.8, 4) is 11.1 Å². The number of nitrogens with one attached hydrogen (secondary N) is 2. The highest BCUT2D eigenvalue weighted by Crippen LogP contribution is 2.39. The molecule has 0 radical (unpaired) electrons. The van der Waals surface area contributed by atoms with Crippen LogP contribution >= 0.6 is 11.3 Å². The second-order valence-electron chi connectivity index (χ2n) is 6.07. The van der Waals surface area contributed by atoms with Crippen LogP contribution in [-0.2, 0) is 6.54 Å². The highest BCUT2D eigenvalue weighted by Gasteiger charge is 2.26. The minimum absolute atomic E-state index is 0.0653. The van der Waals surface area contributed by atoms with Gasteiger partial charge in [-0.05, 0) is 18.2 Å². The van der Waals surface area contributed by atoms with Crippen LogP contribution in [0.5, 0.6) is 0 Å². The zero-order valence-corrected chi connectivity index (χ0v) is 14.6. The Morgan fingerprint density at radius 3 is 2.88 bits per heavy atom. The third kappa shape index (κ3) is 2.36. The van der Waals surface area contributed by atoms with Crippen molar-refractivity contribution in [2.45, 2.75) is 6.54 Å². The summed E-state index contributed by atoms with van der Waals surface area (Å²) in [6.45, 7) is 1.38. The van der Waals surface area contributed by atoms with Crippen molar-refractivity contribution in [1.29, 1.82) is 0 Å². The monoisotopic (exact) mass is 361 g/mol. The number of aromatic nitrogens is 3. The van der Waals surface area contributed by atoms with E-state index in [1.807, 2.05) is 47.2 Å². The molecule has 1 amide bonds. The first-order chi connectivity index (χ1) is 12.8. The van der Waals surface area contributed by atoms with Crippen LogP contribution in [0.4, 0.5) is 11.4 Å². The van der Waals surface area contributed by atoms with Crippen LogP contribution in [0.2, 0.25) is 0 Å². The Morgan fingerprint density at radius 2 is 2.00 bits per heavy atom. The lowest BCUT2D eigenvalue weighted by molar-refractivity contribution is 0.0929. The van der Waals surface area contributed by atoms with E-state index in [1.54, 1.807) is 11.7 Å². The van der Waals surface area contributed by atoms with Crippen molar-refractivity contribution in [2.24, 2.45) is 0 Å². The summed E-state index contributed by atoms with van der Waals surface area (Å²) in [6, 6.07) is 11.8. The Bertz CT molecular complexity index is 1120. The van der Waals surface area contributed by atoms with Gasteiger partial charge in [-0.25, -0.2) is 9.97 Å². The summed E-state index contributed by atoms with van der Waals surface area (Å²) in [6.07, 6.45) is 3.83. The van der Waals surface area contributed by atoms with Gasteiger partial charge < -0.3 is 15.2 Å². The molecule has 4 aromatic rings. The van der Waals surface area contributed by atoms with E-state index in [4.69, 9.17) is 0 Å². The molecule has 26 heavy (non-hydrogen) atoms. The molecule has 0 fully saturated rings. The molecule has 0 bridgehead atoms. The molecule has 0 spiro atoms. The number of amides is 1. The second-order valence-corrected chi connectivity index (χ2v) is 6.90. The summed E-state index contributed by atoms with van der Waals surface area (Å²) in [7, 11) is 0. The molecule has 0 saturated heterocycles. The fourth-order valence-electron chi connectivity index (χ4n) is 3.34. The number of benzene rings is 1. The number of nitrogens with zero attached hydrogens (tertiary/aromatic N) is 3. The average Bonchev–Trinajstić information content (AvgIpc) is 3.28. The van der Waals surface area contributed by atoms with E-state index in [0.717, 1.165) is 39.4 Å². The molecule has 6 nitrogen and oxygen atoms in total. The average molecular weight is 361 g/mol. The summed E-state index contributed by atoms with van der Waals surface area (Å²) < 4.78 is 2.01. The van der Waals surface area contributed by atoms with E-state index in [-0.39, 0.29) is 5.91 Å². The van der Waals surface area contributed by atoms with Gasteiger partial charge in [0.05, 0.1) is 11.2 Å². The summed E-state index contributed by atoms with van der Waals surface area (Å²) in [5, 5.41) is 6.38. The molecule has 1 aliphatic heterocycles. The van der Waals surface area contributed by atoms with Crippen LogP contribution in [0, 0.1) is 0 Å². The number of para-hydroxylation sites is 1. The van der Waals surface area contributed by atoms with Gasteiger partial charge >= 0.3 is 0 Å². The molecule has 0 saturated carbocycles. The van der Waals surface area contributed by atoms with Crippen molar-refractivity contribution in [2.75, 3.05) is 11.9 Å². The largest absolute Gasteiger partial charge is 0.353 e. The molecule has 0 atom stereocenters. The molecule has 0 unspecified atom stereocenters. The third-order valence-electron chi connectivity index (χ3n) is 4.50. The van der Waals surface area contributed by atoms with Crippen molar-refractivity contribution >= 4 is 39.0 Å². The molecule has 1 aliphatic rings. The Balaban J connectivity index is 1.75. The topological polar surface area (TPSA) is 71.8 Å². The first kappa shape index (κ1) is 15.1. The Morgan fingerprint density at radius 1 is 1.12 bits per heavy atom. The summed E-state index contributed by atoms with van der Waals surface area (Å²) >= 11 is 1.51. The number of carbonyl (C=O) groups is 1. The molecule has 2 N–H and O–H groups in total. The number of carbonyl (C=O) groups excluding carboxylic acids is 1.